The summed E-state index contributed by atoms with van der Waals surface area (Å²) in [5.41, 5.74) is 7.56. The maximum absolute atomic E-state index is 12.4. The van der Waals surface area contributed by atoms with Crippen LogP contribution < -0.4 is 15.1 Å². The van der Waals surface area contributed by atoms with Crippen LogP contribution in [0.2, 0.25) is 0 Å². The predicted octanol–water partition coefficient (Wildman–Crippen LogP) is 4.74. The minimum absolute atomic E-state index is 0.0955. The molecule has 0 saturated carbocycles. The van der Waals surface area contributed by atoms with Crippen LogP contribution in [0.1, 0.15) is 55.0 Å². The van der Waals surface area contributed by atoms with Crippen LogP contribution in [0.25, 0.3) is 5.69 Å². The Morgan fingerprint density at radius 3 is 2.59 bits per heavy atom. The number of hydrogen-bond acceptors (Lipinski definition) is 5. The summed E-state index contributed by atoms with van der Waals surface area (Å²) in [4.78, 5) is 14.8. The molecule has 2 aromatic carbocycles. The number of aromatic nitrogens is 2. The molecule has 1 aliphatic rings. The van der Waals surface area contributed by atoms with Gasteiger partial charge < -0.3 is 9.64 Å². The molecule has 1 saturated heterocycles. The maximum atomic E-state index is 12.4. The number of hydrogen-bond donors (Lipinski definition) is 1. The van der Waals surface area contributed by atoms with Crippen molar-refractivity contribution in [3.05, 3.63) is 70.9 Å². The Labute approximate surface area is 201 Å². The topological polar surface area (TPSA) is 71.7 Å². The summed E-state index contributed by atoms with van der Waals surface area (Å²) in [6, 6.07) is 16.2. The van der Waals surface area contributed by atoms with E-state index < -0.39 is 0 Å². The van der Waals surface area contributed by atoms with Crippen molar-refractivity contribution in [2.24, 2.45) is 5.10 Å². The van der Waals surface area contributed by atoms with Crippen LogP contribution in [-0.4, -0.2) is 41.6 Å². The van der Waals surface area contributed by atoms with E-state index in [1.54, 1.807) is 6.21 Å². The van der Waals surface area contributed by atoms with Gasteiger partial charge in [0.25, 0.3) is 5.91 Å². The summed E-state index contributed by atoms with van der Waals surface area (Å²) in [6.45, 7) is 10.1. The Morgan fingerprint density at radius 2 is 1.88 bits per heavy atom. The third-order valence-corrected chi connectivity index (χ3v) is 6.02. The third-order valence-electron chi connectivity index (χ3n) is 6.02. The summed E-state index contributed by atoms with van der Waals surface area (Å²) >= 11 is 0. The van der Waals surface area contributed by atoms with E-state index in [0.29, 0.717) is 5.92 Å². The molecule has 7 nitrogen and oxygen atoms in total. The van der Waals surface area contributed by atoms with Crippen molar-refractivity contribution in [1.29, 1.82) is 0 Å². The minimum atomic E-state index is -0.303. The van der Waals surface area contributed by atoms with E-state index in [4.69, 9.17) is 9.84 Å². The number of ether oxygens (including phenoxy) is 1. The molecular formula is C27H33N5O2. The highest BCUT2D eigenvalue weighted by Crippen LogP contribution is 2.29. The lowest BCUT2D eigenvalue weighted by molar-refractivity contribution is -0.123. The molecule has 3 aromatic rings. The first-order valence-corrected chi connectivity index (χ1v) is 11.9. The van der Waals surface area contributed by atoms with Crippen LogP contribution >= 0.6 is 0 Å². The molecule has 1 N–H and O–H groups in total. The van der Waals surface area contributed by atoms with Crippen molar-refractivity contribution in [3.8, 4) is 11.4 Å². The van der Waals surface area contributed by atoms with Gasteiger partial charge in [-0.3, -0.25) is 4.79 Å². The van der Waals surface area contributed by atoms with Crippen molar-refractivity contribution in [2.75, 3.05) is 24.6 Å². The number of anilines is 1. The highest BCUT2D eigenvalue weighted by Gasteiger charge is 2.23. The molecule has 0 spiro atoms. The molecule has 0 unspecified atom stereocenters. The predicted molar refractivity (Wildman–Crippen MR) is 136 cm³/mol. The fraction of sp³-hybridized carbons (Fsp3) is 0.370. The second kappa shape index (κ2) is 10.5. The largest absolute Gasteiger partial charge is 0.483 e. The number of aryl methyl sites for hydroxylation is 2. The summed E-state index contributed by atoms with van der Waals surface area (Å²) in [5.74, 6) is 1.76. The minimum Gasteiger partial charge on any atom is -0.483 e. The number of carbonyl (C=O) groups is 1. The van der Waals surface area contributed by atoms with Gasteiger partial charge in [0, 0.05) is 13.1 Å². The first kappa shape index (κ1) is 23.5. The number of nitrogens with one attached hydrogen (secondary N) is 1. The monoisotopic (exact) mass is 459 g/mol. The van der Waals surface area contributed by atoms with Crippen molar-refractivity contribution >= 4 is 17.9 Å². The molecule has 7 heteroatoms. The molecule has 0 atom stereocenters. The van der Waals surface area contributed by atoms with Gasteiger partial charge in [-0.1, -0.05) is 44.2 Å². The van der Waals surface area contributed by atoms with Gasteiger partial charge in [0.1, 0.15) is 11.6 Å². The molecule has 2 heterocycles. The van der Waals surface area contributed by atoms with E-state index in [1.807, 2.05) is 54.9 Å². The summed E-state index contributed by atoms with van der Waals surface area (Å²) < 4.78 is 7.79. The molecule has 0 aliphatic carbocycles. The number of benzene rings is 2. The van der Waals surface area contributed by atoms with E-state index in [2.05, 4.69) is 41.4 Å². The SMILES string of the molecule is Cc1ccc(C(C)C)c(OCC(=O)N/N=C/c2c(C)nn(-c3ccccc3)c2N2CCCC2)c1. The van der Waals surface area contributed by atoms with E-state index in [9.17, 15) is 4.79 Å². The highest BCUT2D eigenvalue weighted by molar-refractivity contribution is 5.90. The number of rotatable bonds is 8. The molecule has 1 aromatic heterocycles. The first-order chi connectivity index (χ1) is 16.4. The van der Waals surface area contributed by atoms with Crippen molar-refractivity contribution < 1.29 is 9.53 Å². The molecule has 4 rings (SSSR count). The molecule has 0 bridgehead atoms. The highest BCUT2D eigenvalue weighted by atomic mass is 16.5. The second-order valence-corrected chi connectivity index (χ2v) is 9.04. The molecule has 1 aliphatic heterocycles. The molecule has 1 amide bonds. The van der Waals surface area contributed by atoms with Crippen LogP contribution in [-0.2, 0) is 4.79 Å². The van der Waals surface area contributed by atoms with Gasteiger partial charge in [0.15, 0.2) is 6.61 Å². The molecular weight excluding hydrogens is 426 g/mol. The van der Waals surface area contributed by atoms with Gasteiger partial charge in [-0.05, 0) is 61.9 Å². The quantitative estimate of drug-likeness (QED) is 0.390. The van der Waals surface area contributed by atoms with E-state index in [1.165, 1.54) is 0 Å². The van der Waals surface area contributed by atoms with Gasteiger partial charge in [-0.2, -0.15) is 10.2 Å². The van der Waals surface area contributed by atoms with Gasteiger partial charge >= 0.3 is 0 Å². The van der Waals surface area contributed by atoms with Gasteiger partial charge in [0.05, 0.1) is 23.2 Å². The van der Waals surface area contributed by atoms with Crippen molar-refractivity contribution in [2.45, 2.75) is 46.5 Å². The lowest BCUT2D eigenvalue weighted by atomic mass is 10.0. The molecule has 178 valence electrons. The van der Waals surface area contributed by atoms with Gasteiger partial charge in [-0.25, -0.2) is 10.1 Å². The number of carbonyl (C=O) groups excluding carboxylic acids is 1. The van der Waals surface area contributed by atoms with E-state index in [-0.39, 0.29) is 12.5 Å². The Balaban J connectivity index is 1.48. The zero-order chi connectivity index (χ0) is 24.1. The Bertz CT molecular complexity index is 1160. The van der Waals surface area contributed by atoms with Crippen LogP contribution in [0.3, 0.4) is 0 Å². The summed E-state index contributed by atoms with van der Waals surface area (Å²) in [5, 5.41) is 9.02. The second-order valence-electron chi connectivity index (χ2n) is 9.04. The summed E-state index contributed by atoms with van der Waals surface area (Å²) in [7, 11) is 0. The van der Waals surface area contributed by atoms with E-state index in [0.717, 1.165) is 65.6 Å². The first-order valence-electron chi connectivity index (χ1n) is 11.9. The summed E-state index contributed by atoms with van der Waals surface area (Å²) in [6.07, 6.45) is 4.00. The van der Waals surface area contributed by atoms with Crippen LogP contribution in [0.5, 0.6) is 5.75 Å². The van der Waals surface area contributed by atoms with Crippen LogP contribution in [0, 0.1) is 13.8 Å². The lowest BCUT2D eigenvalue weighted by Gasteiger charge is -2.20. The molecule has 1 fully saturated rings. The molecule has 34 heavy (non-hydrogen) atoms. The number of nitrogens with zero attached hydrogens (tertiary/aromatic N) is 4. The number of hydrazone groups is 1. The third kappa shape index (κ3) is 5.30. The average Bonchev–Trinajstić information content (AvgIpc) is 3.46. The average molecular weight is 460 g/mol. The number of para-hydroxylation sites is 1. The normalized spacial score (nSPS) is 13.7. The fourth-order valence-corrected chi connectivity index (χ4v) is 4.25. The number of amides is 1. The standard InChI is InChI=1S/C27H33N5O2/c1-19(2)23-13-12-20(3)16-25(23)34-18-26(33)29-28-17-24-21(4)30-32(22-10-6-5-7-11-22)27(24)31-14-8-9-15-31/h5-7,10-13,16-17,19H,8-9,14-15,18H2,1-4H3,(H,29,33)/b28-17+. The van der Waals surface area contributed by atoms with Crippen LogP contribution in [0.15, 0.2) is 53.6 Å². The van der Waals surface area contributed by atoms with Crippen molar-refractivity contribution in [3.63, 3.8) is 0 Å². The van der Waals surface area contributed by atoms with Crippen molar-refractivity contribution in [1.82, 2.24) is 15.2 Å². The smallest absolute Gasteiger partial charge is 0.277 e. The Morgan fingerprint density at radius 1 is 1.15 bits per heavy atom. The Hall–Kier alpha value is -3.61. The van der Waals surface area contributed by atoms with E-state index >= 15 is 0 Å². The fourth-order valence-electron chi connectivity index (χ4n) is 4.25. The maximum Gasteiger partial charge on any atom is 0.277 e. The Kier molecular flexibility index (Phi) is 7.30. The zero-order valence-electron chi connectivity index (χ0n) is 20.4. The lowest BCUT2D eigenvalue weighted by Crippen LogP contribution is -2.25. The van der Waals surface area contributed by atoms with Gasteiger partial charge in [-0.15, -0.1) is 0 Å². The van der Waals surface area contributed by atoms with Gasteiger partial charge in [0.2, 0.25) is 0 Å². The molecule has 0 radical (unpaired) electrons. The zero-order valence-corrected chi connectivity index (χ0v) is 20.4. The van der Waals surface area contributed by atoms with Crippen LogP contribution in [0.4, 0.5) is 5.82 Å².